The molecule has 0 aliphatic carbocycles. The van der Waals surface area contributed by atoms with Crippen molar-refractivity contribution >= 4 is 55.0 Å². The summed E-state index contributed by atoms with van der Waals surface area (Å²) < 4.78 is 1.24. The van der Waals surface area contributed by atoms with Gasteiger partial charge >= 0.3 is 0 Å². The van der Waals surface area contributed by atoms with Gasteiger partial charge in [0.25, 0.3) is 0 Å². The Kier molecular flexibility index (Phi) is 2.53. The van der Waals surface area contributed by atoms with E-state index in [1.54, 1.807) is 11.3 Å². The molecular weight excluding hydrogens is 266 g/mol. The minimum Gasteiger partial charge on any atom is -0.391 e. The van der Waals surface area contributed by atoms with Crippen LogP contribution >= 0.6 is 39.9 Å². The van der Waals surface area contributed by atoms with Crippen LogP contribution in [0.15, 0.2) is 23.1 Å². The second-order valence-corrected chi connectivity index (χ2v) is 4.89. The van der Waals surface area contributed by atoms with Crippen LogP contribution in [-0.2, 0) is 5.33 Å². The fourth-order valence-corrected chi connectivity index (χ4v) is 3.60. The average Bonchev–Trinajstić information content (AvgIpc) is 2.45. The lowest BCUT2D eigenvalue weighted by Crippen LogP contribution is -1.79. The molecule has 1 aromatic heterocycles. The normalized spacial score (nSPS) is 10.9. The van der Waals surface area contributed by atoms with E-state index in [-0.39, 0.29) is 0 Å². The molecule has 0 saturated heterocycles. The summed E-state index contributed by atoms with van der Waals surface area (Å²) >= 11 is 9.47. The molecule has 0 aliphatic heterocycles. The van der Waals surface area contributed by atoms with E-state index < -0.39 is 0 Å². The fraction of sp³-hybridized carbons (Fsp3) is 0.111. The molecule has 2 aromatic rings. The Bertz CT molecular complexity index is 450. The molecule has 0 unspecified atom stereocenters. The third kappa shape index (κ3) is 1.58. The van der Waals surface area contributed by atoms with Crippen molar-refractivity contribution in [1.29, 1.82) is 0 Å². The minimum absolute atomic E-state index is 0.823. The van der Waals surface area contributed by atoms with Crippen LogP contribution in [0.3, 0.4) is 0 Å². The molecule has 2 rings (SSSR count). The molecule has 0 saturated carbocycles. The molecule has 0 radical (unpaired) electrons. The van der Waals surface area contributed by atoms with E-state index in [1.165, 1.54) is 15.6 Å². The van der Waals surface area contributed by atoms with Gasteiger partial charge < -0.3 is 5.73 Å². The van der Waals surface area contributed by atoms with E-state index in [4.69, 9.17) is 5.73 Å². The second-order valence-electron chi connectivity index (χ2n) is 2.76. The third-order valence-corrected chi connectivity index (χ3v) is 3.94. The lowest BCUT2D eigenvalue weighted by atomic mass is 10.2. The van der Waals surface area contributed by atoms with Gasteiger partial charge in [0.05, 0.1) is 5.00 Å². The molecule has 0 bridgehead atoms. The van der Waals surface area contributed by atoms with E-state index in [2.05, 4.69) is 34.6 Å². The number of benzene rings is 1. The fourth-order valence-electron chi connectivity index (χ4n) is 1.30. The quantitative estimate of drug-likeness (QED) is 0.602. The highest BCUT2D eigenvalue weighted by atomic mass is 79.9. The second kappa shape index (κ2) is 3.52. The van der Waals surface area contributed by atoms with Gasteiger partial charge in [0.2, 0.25) is 0 Å². The predicted molar refractivity (Wildman–Crippen MR) is 66.1 cm³/mol. The molecule has 1 heterocycles. The molecule has 0 spiro atoms. The van der Waals surface area contributed by atoms with E-state index >= 15 is 0 Å². The molecule has 13 heavy (non-hydrogen) atoms. The van der Waals surface area contributed by atoms with Crippen molar-refractivity contribution in [1.82, 2.24) is 0 Å². The molecule has 0 fully saturated rings. The highest BCUT2D eigenvalue weighted by molar-refractivity contribution is 9.08. The highest BCUT2D eigenvalue weighted by Gasteiger charge is 2.06. The van der Waals surface area contributed by atoms with Crippen molar-refractivity contribution in [3.05, 3.63) is 23.8 Å². The van der Waals surface area contributed by atoms with Gasteiger partial charge in [0, 0.05) is 14.9 Å². The topological polar surface area (TPSA) is 26.0 Å². The lowest BCUT2D eigenvalue weighted by Gasteiger charge is -2.01. The van der Waals surface area contributed by atoms with E-state index in [0.717, 1.165) is 15.2 Å². The van der Waals surface area contributed by atoms with Crippen molar-refractivity contribution < 1.29 is 0 Å². The van der Waals surface area contributed by atoms with Crippen molar-refractivity contribution in [2.45, 2.75) is 10.2 Å². The molecule has 68 valence electrons. The van der Waals surface area contributed by atoms with E-state index in [9.17, 15) is 0 Å². The van der Waals surface area contributed by atoms with Crippen molar-refractivity contribution in [3.8, 4) is 0 Å². The van der Waals surface area contributed by atoms with Gasteiger partial charge in [0.1, 0.15) is 0 Å². The van der Waals surface area contributed by atoms with Crippen LogP contribution in [-0.4, -0.2) is 0 Å². The molecular formula is C9H8BrNS2. The number of hydrogen-bond acceptors (Lipinski definition) is 3. The minimum atomic E-state index is 0.823. The molecule has 1 aromatic carbocycles. The molecule has 4 heteroatoms. The number of nitrogen functional groups attached to an aromatic ring is 1. The molecule has 0 aliphatic rings. The van der Waals surface area contributed by atoms with E-state index in [1.807, 2.05) is 12.1 Å². The monoisotopic (exact) mass is 273 g/mol. The van der Waals surface area contributed by atoms with Gasteiger partial charge in [-0.05, 0) is 23.1 Å². The van der Waals surface area contributed by atoms with Crippen molar-refractivity contribution in [2.75, 3.05) is 5.73 Å². The largest absolute Gasteiger partial charge is 0.391 e. The maximum atomic E-state index is 5.74. The summed E-state index contributed by atoms with van der Waals surface area (Å²) in [6.07, 6.45) is 0. The number of thiophene rings is 1. The first-order chi connectivity index (χ1) is 6.22. The Morgan fingerprint density at radius 3 is 2.92 bits per heavy atom. The van der Waals surface area contributed by atoms with Gasteiger partial charge in [-0.2, -0.15) is 0 Å². The maximum Gasteiger partial charge on any atom is 0.0868 e. The van der Waals surface area contributed by atoms with Crippen LogP contribution in [0.5, 0.6) is 0 Å². The number of halogens is 1. The smallest absolute Gasteiger partial charge is 0.0868 e. The SMILES string of the molecule is Nc1cc2ccc(S)c(CBr)c2s1. The zero-order valence-electron chi connectivity index (χ0n) is 6.75. The van der Waals surface area contributed by atoms with Gasteiger partial charge in [-0.3, -0.25) is 0 Å². The van der Waals surface area contributed by atoms with Crippen LogP contribution in [0.1, 0.15) is 5.56 Å². The average molecular weight is 274 g/mol. The Hall–Kier alpha value is -0.190. The maximum absolute atomic E-state index is 5.74. The number of alkyl halides is 1. The number of rotatable bonds is 1. The first-order valence-electron chi connectivity index (χ1n) is 3.78. The highest BCUT2D eigenvalue weighted by Crippen LogP contribution is 2.34. The first-order valence-corrected chi connectivity index (χ1v) is 6.16. The van der Waals surface area contributed by atoms with Crippen LogP contribution in [0.4, 0.5) is 5.00 Å². The van der Waals surface area contributed by atoms with Crippen molar-refractivity contribution in [2.24, 2.45) is 0 Å². The Morgan fingerprint density at radius 1 is 1.46 bits per heavy atom. The number of fused-ring (bicyclic) bond motifs is 1. The summed E-state index contributed by atoms with van der Waals surface area (Å²) in [6.45, 7) is 0. The Labute approximate surface area is 94.5 Å². The summed E-state index contributed by atoms with van der Waals surface area (Å²) in [4.78, 5) is 1.02. The van der Waals surface area contributed by atoms with Crippen molar-refractivity contribution in [3.63, 3.8) is 0 Å². The van der Waals surface area contributed by atoms with E-state index in [0.29, 0.717) is 0 Å². The standard InChI is InChI=1S/C9H8BrNS2/c10-4-6-7(12)2-1-5-3-8(11)13-9(5)6/h1-3,12H,4,11H2. The van der Waals surface area contributed by atoms with Crippen LogP contribution < -0.4 is 5.73 Å². The lowest BCUT2D eigenvalue weighted by molar-refractivity contribution is 1.34. The zero-order valence-corrected chi connectivity index (χ0v) is 10.0. The molecule has 2 N–H and O–H groups in total. The zero-order chi connectivity index (χ0) is 9.42. The predicted octanol–water partition coefficient (Wildman–Crippen LogP) is 3.67. The third-order valence-electron chi connectivity index (χ3n) is 1.92. The van der Waals surface area contributed by atoms with Gasteiger partial charge in [-0.25, -0.2) is 0 Å². The number of nitrogens with two attached hydrogens (primary N) is 1. The van der Waals surface area contributed by atoms with Gasteiger partial charge in [-0.15, -0.1) is 24.0 Å². The van der Waals surface area contributed by atoms with Crippen LogP contribution in [0.25, 0.3) is 10.1 Å². The van der Waals surface area contributed by atoms with Gasteiger partial charge in [-0.1, -0.05) is 22.0 Å². The Morgan fingerprint density at radius 2 is 2.23 bits per heavy atom. The molecule has 0 atom stereocenters. The Balaban J connectivity index is 2.82. The summed E-state index contributed by atoms with van der Waals surface area (Å²) in [5, 5.41) is 2.88. The molecule has 1 nitrogen and oxygen atoms in total. The number of anilines is 1. The number of thiol groups is 1. The first kappa shape index (κ1) is 9.37. The summed E-state index contributed by atoms with van der Waals surface area (Å²) in [5.74, 6) is 0. The summed E-state index contributed by atoms with van der Waals surface area (Å²) in [7, 11) is 0. The number of hydrogen-bond donors (Lipinski definition) is 2. The molecule has 0 amide bonds. The van der Waals surface area contributed by atoms with Gasteiger partial charge in [0.15, 0.2) is 0 Å². The van der Waals surface area contributed by atoms with Crippen LogP contribution in [0, 0.1) is 0 Å². The summed E-state index contributed by atoms with van der Waals surface area (Å²) in [6, 6.07) is 6.06. The summed E-state index contributed by atoms with van der Waals surface area (Å²) in [5.41, 5.74) is 6.97. The van der Waals surface area contributed by atoms with Crippen LogP contribution in [0.2, 0.25) is 0 Å².